The third kappa shape index (κ3) is 7.04. The summed E-state index contributed by atoms with van der Waals surface area (Å²) in [5, 5.41) is 4.08. The van der Waals surface area contributed by atoms with E-state index in [1.807, 2.05) is 0 Å². The Balaban J connectivity index is 2.39. The maximum Gasteiger partial charge on any atom is 0.411 e. The Morgan fingerprint density at radius 2 is 1.81 bits per heavy atom. The number of methoxy groups -OCH3 is 1. The monoisotopic (exact) mass is 306 g/mol. The molecule has 0 radical (unpaired) electrons. The largest absolute Gasteiger partial charge is 0.484 e. The number of nitrogens with one attached hydrogen (secondary N) is 2. The van der Waals surface area contributed by atoms with Crippen LogP contribution in [-0.2, 0) is 9.53 Å². The molecule has 1 aromatic rings. The van der Waals surface area contributed by atoms with Crippen molar-refractivity contribution < 1.29 is 32.2 Å². The Hall–Kier alpha value is -2.45. The molecule has 0 spiro atoms. The van der Waals surface area contributed by atoms with Gasteiger partial charge in [-0.25, -0.2) is 4.79 Å². The van der Waals surface area contributed by atoms with Gasteiger partial charge in [0.2, 0.25) is 0 Å². The van der Waals surface area contributed by atoms with Crippen LogP contribution in [0.15, 0.2) is 24.3 Å². The van der Waals surface area contributed by atoms with Crippen molar-refractivity contribution in [1.82, 2.24) is 5.32 Å². The summed E-state index contributed by atoms with van der Waals surface area (Å²) < 4.78 is 45.0. The van der Waals surface area contributed by atoms with Crippen LogP contribution in [-0.4, -0.2) is 38.4 Å². The average Bonchev–Trinajstić information content (AvgIpc) is 2.43. The van der Waals surface area contributed by atoms with Crippen LogP contribution in [0.1, 0.15) is 0 Å². The fraction of sp³-hybridized carbons (Fsp3) is 0.333. The fourth-order valence-corrected chi connectivity index (χ4v) is 1.20. The number of ether oxygens (including phenoxy) is 2. The Labute approximate surface area is 118 Å². The molecule has 21 heavy (non-hydrogen) atoms. The molecule has 1 rings (SSSR count). The topological polar surface area (TPSA) is 76.7 Å². The maximum absolute atomic E-state index is 11.9. The average molecular weight is 306 g/mol. The predicted octanol–water partition coefficient (Wildman–Crippen LogP) is 1.92. The number of alkyl halides is 3. The summed E-state index contributed by atoms with van der Waals surface area (Å²) in [6, 6.07) is 5.87. The quantitative estimate of drug-likeness (QED) is 0.871. The van der Waals surface area contributed by atoms with Crippen molar-refractivity contribution >= 4 is 17.7 Å². The number of anilines is 1. The molecule has 6 nitrogen and oxygen atoms in total. The SMILES string of the molecule is COC(=O)Nc1ccc(OCC(=O)NCC(F)(F)F)cc1. The molecule has 0 fully saturated rings. The first-order valence-electron chi connectivity index (χ1n) is 5.71. The highest BCUT2D eigenvalue weighted by molar-refractivity contribution is 5.84. The highest BCUT2D eigenvalue weighted by Gasteiger charge is 2.27. The van der Waals surface area contributed by atoms with Gasteiger partial charge in [0, 0.05) is 5.69 Å². The Morgan fingerprint density at radius 1 is 1.19 bits per heavy atom. The van der Waals surface area contributed by atoms with Gasteiger partial charge >= 0.3 is 12.3 Å². The molecule has 0 saturated heterocycles. The lowest BCUT2D eigenvalue weighted by atomic mass is 10.3. The van der Waals surface area contributed by atoms with E-state index >= 15 is 0 Å². The molecular weight excluding hydrogens is 293 g/mol. The fourth-order valence-electron chi connectivity index (χ4n) is 1.20. The van der Waals surface area contributed by atoms with Gasteiger partial charge < -0.3 is 14.8 Å². The van der Waals surface area contributed by atoms with Gasteiger partial charge in [-0.05, 0) is 24.3 Å². The Bertz CT molecular complexity index is 488. The van der Waals surface area contributed by atoms with E-state index in [2.05, 4.69) is 10.1 Å². The standard InChI is InChI=1S/C12H13F3N2O4/c1-20-11(19)17-8-2-4-9(5-3-8)21-6-10(18)16-7-12(13,14)15/h2-5H,6-7H2,1H3,(H,16,18)(H,17,19). The van der Waals surface area contributed by atoms with E-state index in [4.69, 9.17) is 4.74 Å². The number of hydrogen-bond donors (Lipinski definition) is 2. The van der Waals surface area contributed by atoms with Gasteiger partial charge in [0.15, 0.2) is 6.61 Å². The molecule has 0 saturated carbocycles. The molecule has 0 aromatic heterocycles. The molecule has 0 aliphatic heterocycles. The van der Waals surface area contributed by atoms with E-state index in [9.17, 15) is 22.8 Å². The second kappa shape index (κ2) is 7.36. The minimum Gasteiger partial charge on any atom is -0.484 e. The van der Waals surface area contributed by atoms with Gasteiger partial charge in [0.05, 0.1) is 7.11 Å². The zero-order valence-corrected chi connectivity index (χ0v) is 11.0. The van der Waals surface area contributed by atoms with Crippen LogP contribution in [0.5, 0.6) is 5.75 Å². The molecule has 1 aromatic carbocycles. The van der Waals surface area contributed by atoms with E-state index in [1.165, 1.54) is 31.4 Å². The summed E-state index contributed by atoms with van der Waals surface area (Å²) in [5.41, 5.74) is 0.440. The van der Waals surface area contributed by atoms with Gasteiger partial charge in [0.25, 0.3) is 5.91 Å². The summed E-state index contributed by atoms with van der Waals surface area (Å²) in [5.74, 6) is -0.614. The van der Waals surface area contributed by atoms with Gasteiger partial charge in [-0.15, -0.1) is 0 Å². The summed E-state index contributed by atoms with van der Waals surface area (Å²) in [6.45, 7) is -1.95. The van der Waals surface area contributed by atoms with E-state index in [-0.39, 0.29) is 5.75 Å². The number of halogens is 3. The number of carbonyl (C=O) groups excluding carboxylic acids is 2. The minimum absolute atomic E-state index is 0.271. The maximum atomic E-state index is 11.9. The first-order valence-corrected chi connectivity index (χ1v) is 5.71. The number of benzene rings is 1. The number of rotatable bonds is 5. The van der Waals surface area contributed by atoms with Crippen molar-refractivity contribution in [2.45, 2.75) is 6.18 Å². The molecular formula is C12H13F3N2O4. The predicted molar refractivity (Wildman–Crippen MR) is 67.0 cm³/mol. The summed E-state index contributed by atoms with van der Waals surface area (Å²) in [4.78, 5) is 22.0. The van der Waals surface area contributed by atoms with Gasteiger partial charge in [-0.3, -0.25) is 10.1 Å². The lowest BCUT2D eigenvalue weighted by Crippen LogP contribution is -2.36. The first kappa shape index (κ1) is 16.6. The van der Waals surface area contributed by atoms with Crippen molar-refractivity contribution in [2.24, 2.45) is 0 Å². The van der Waals surface area contributed by atoms with Crippen molar-refractivity contribution in [3.63, 3.8) is 0 Å². The molecule has 0 aliphatic carbocycles. The molecule has 2 N–H and O–H groups in total. The molecule has 0 unspecified atom stereocenters. The van der Waals surface area contributed by atoms with E-state index < -0.39 is 31.3 Å². The summed E-state index contributed by atoms with van der Waals surface area (Å²) >= 11 is 0. The highest BCUT2D eigenvalue weighted by atomic mass is 19.4. The van der Waals surface area contributed by atoms with Crippen LogP contribution < -0.4 is 15.4 Å². The lowest BCUT2D eigenvalue weighted by Gasteiger charge is -2.10. The summed E-state index contributed by atoms with van der Waals surface area (Å²) in [6.07, 6.45) is -5.10. The third-order valence-electron chi connectivity index (χ3n) is 2.14. The first-order chi connectivity index (χ1) is 9.80. The number of amides is 2. The van der Waals surface area contributed by atoms with Crippen LogP contribution in [0.25, 0.3) is 0 Å². The smallest absolute Gasteiger partial charge is 0.411 e. The van der Waals surface area contributed by atoms with Gasteiger partial charge in [-0.1, -0.05) is 0 Å². The second-order valence-electron chi connectivity index (χ2n) is 3.82. The molecule has 0 heterocycles. The van der Waals surface area contributed by atoms with Crippen LogP contribution in [0.3, 0.4) is 0 Å². The van der Waals surface area contributed by atoms with E-state index in [0.717, 1.165) is 0 Å². The molecule has 9 heteroatoms. The van der Waals surface area contributed by atoms with E-state index in [0.29, 0.717) is 5.69 Å². The van der Waals surface area contributed by atoms with Gasteiger partial charge in [0.1, 0.15) is 12.3 Å². The lowest BCUT2D eigenvalue weighted by molar-refractivity contribution is -0.139. The van der Waals surface area contributed by atoms with Crippen LogP contribution in [0.4, 0.5) is 23.7 Å². The van der Waals surface area contributed by atoms with Gasteiger partial charge in [-0.2, -0.15) is 13.2 Å². The Morgan fingerprint density at radius 3 is 2.33 bits per heavy atom. The third-order valence-corrected chi connectivity index (χ3v) is 2.14. The van der Waals surface area contributed by atoms with E-state index in [1.54, 1.807) is 5.32 Å². The zero-order valence-electron chi connectivity index (χ0n) is 11.0. The normalized spacial score (nSPS) is 10.7. The van der Waals surface area contributed by atoms with Crippen molar-refractivity contribution in [2.75, 3.05) is 25.6 Å². The number of carbonyl (C=O) groups is 2. The molecule has 0 aliphatic rings. The van der Waals surface area contributed by atoms with Crippen molar-refractivity contribution in [3.8, 4) is 5.75 Å². The van der Waals surface area contributed by atoms with Crippen LogP contribution in [0.2, 0.25) is 0 Å². The van der Waals surface area contributed by atoms with Crippen molar-refractivity contribution in [3.05, 3.63) is 24.3 Å². The molecule has 116 valence electrons. The van der Waals surface area contributed by atoms with Crippen molar-refractivity contribution in [1.29, 1.82) is 0 Å². The molecule has 0 bridgehead atoms. The molecule has 2 amide bonds. The highest BCUT2D eigenvalue weighted by Crippen LogP contribution is 2.16. The second-order valence-corrected chi connectivity index (χ2v) is 3.82. The van der Waals surface area contributed by atoms with Crippen LogP contribution >= 0.6 is 0 Å². The summed E-state index contributed by atoms with van der Waals surface area (Å²) in [7, 11) is 1.21. The zero-order chi connectivity index (χ0) is 15.9. The number of hydrogen-bond acceptors (Lipinski definition) is 4. The van der Waals surface area contributed by atoms with Crippen LogP contribution in [0, 0.1) is 0 Å². The minimum atomic E-state index is -4.46. The Kier molecular flexibility index (Phi) is 5.82. The molecule has 0 atom stereocenters.